The van der Waals surface area contributed by atoms with Crippen LogP contribution in [0.4, 0.5) is 0 Å². The molecule has 13 heavy (non-hydrogen) atoms. The minimum atomic E-state index is 0.342. The molecule has 0 radical (unpaired) electrons. The number of carbonyl (C=O) groups is 3. The van der Waals surface area contributed by atoms with Crippen LogP contribution in [0.1, 0.15) is 36.6 Å². The maximum Gasteiger partial charge on any atom is 0.150 e. The van der Waals surface area contributed by atoms with E-state index in [9.17, 15) is 14.4 Å². The van der Waals surface area contributed by atoms with Crippen molar-refractivity contribution in [2.75, 3.05) is 0 Å². The smallest absolute Gasteiger partial charge is 0.150 e. The van der Waals surface area contributed by atoms with Crippen LogP contribution in [0, 0.1) is 6.92 Å². The van der Waals surface area contributed by atoms with Crippen LogP contribution in [0.15, 0.2) is 12.1 Å². The minimum absolute atomic E-state index is 0.342. The van der Waals surface area contributed by atoms with Crippen molar-refractivity contribution in [3.8, 4) is 0 Å². The van der Waals surface area contributed by atoms with Gasteiger partial charge in [-0.1, -0.05) is 0 Å². The van der Waals surface area contributed by atoms with Crippen molar-refractivity contribution in [2.45, 2.75) is 6.92 Å². The van der Waals surface area contributed by atoms with Crippen LogP contribution in [-0.2, 0) is 0 Å². The quantitative estimate of drug-likeness (QED) is 0.654. The minimum Gasteiger partial charge on any atom is -0.298 e. The Morgan fingerprint density at radius 3 is 1.69 bits per heavy atom. The molecule has 66 valence electrons. The van der Waals surface area contributed by atoms with E-state index in [0.717, 1.165) is 0 Å². The van der Waals surface area contributed by atoms with E-state index in [1.807, 2.05) is 0 Å². The molecule has 0 fully saturated rings. The zero-order valence-electron chi connectivity index (χ0n) is 7.11. The van der Waals surface area contributed by atoms with Crippen LogP contribution in [0.5, 0.6) is 0 Å². The van der Waals surface area contributed by atoms with E-state index in [1.165, 1.54) is 12.1 Å². The Bertz CT molecular complexity index is 337. The molecule has 0 aliphatic heterocycles. The maximum atomic E-state index is 10.5. The highest BCUT2D eigenvalue weighted by atomic mass is 16.1. The second kappa shape index (κ2) is 3.76. The van der Waals surface area contributed by atoms with E-state index in [2.05, 4.69) is 0 Å². The molecule has 1 aromatic rings. The predicted octanol–water partition coefficient (Wildman–Crippen LogP) is 1.43. The number of carbonyl (C=O) groups excluding carboxylic acids is 3. The largest absolute Gasteiger partial charge is 0.298 e. The van der Waals surface area contributed by atoms with Crippen molar-refractivity contribution in [3.63, 3.8) is 0 Å². The number of benzene rings is 1. The van der Waals surface area contributed by atoms with Crippen LogP contribution in [0.25, 0.3) is 0 Å². The number of rotatable bonds is 3. The average Bonchev–Trinajstić information content (AvgIpc) is 2.18. The molecule has 3 nitrogen and oxygen atoms in total. The van der Waals surface area contributed by atoms with E-state index in [-0.39, 0.29) is 0 Å². The highest BCUT2D eigenvalue weighted by Gasteiger charge is 2.05. The molecular weight excluding hydrogens is 168 g/mol. The van der Waals surface area contributed by atoms with Gasteiger partial charge in [-0.2, -0.15) is 0 Å². The third-order valence-corrected chi connectivity index (χ3v) is 1.90. The molecule has 1 aromatic carbocycles. The van der Waals surface area contributed by atoms with Gasteiger partial charge in [0, 0.05) is 16.7 Å². The van der Waals surface area contributed by atoms with Gasteiger partial charge in [0.25, 0.3) is 0 Å². The first kappa shape index (κ1) is 9.32. The number of hydrogen-bond donors (Lipinski definition) is 0. The summed E-state index contributed by atoms with van der Waals surface area (Å²) in [4.78, 5) is 31.5. The standard InChI is InChI=1S/C10H8O3/c1-7-9(5-12)2-8(4-11)3-10(7)6-13/h2-6H,1H3. The fourth-order valence-electron chi connectivity index (χ4n) is 1.10. The Kier molecular flexibility index (Phi) is 2.69. The molecule has 0 aliphatic carbocycles. The SMILES string of the molecule is Cc1c(C=O)cc(C=O)cc1C=O. The summed E-state index contributed by atoms with van der Waals surface area (Å²) < 4.78 is 0. The van der Waals surface area contributed by atoms with Crippen LogP contribution in [-0.4, -0.2) is 18.9 Å². The second-order valence-electron chi connectivity index (χ2n) is 2.68. The first-order valence-electron chi connectivity index (χ1n) is 3.73. The van der Waals surface area contributed by atoms with E-state index in [4.69, 9.17) is 0 Å². The van der Waals surface area contributed by atoms with Crippen molar-refractivity contribution in [2.24, 2.45) is 0 Å². The average molecular weight is 176 g/mol. The molecule has 0 unspecified atom stereocenters. The molecule has 0 aromatic heterocycles. The summed E-state index contributed by atoms with van der Waals surface area (Å²) in [6.07, 6.45) is 1.88. The molecule has 0 atom stereocenters. The van der Waals surface area contributed by atoms with Crippen molar-refractivity contribution >= 4 is 18.9 Å². The first-order valence-corrected chi connectivity index (χ1v) is 3.73. The molecule has 0 heterocycles. The van der Waals surface area contributed by atoms with Gasteiger partial charge in [0.1, 0.15) is 18.9 Å². The Labute approximate surface area is 75.4 Å². The zero-order valence-corrected chi connectivity index (χ0v) is 7.11. The monoisotopic (exact) mass is 176 g/mol. The molecule has 0 N–H and O–H groups in total. The normalized spacial score (nSPS) is 9.31. The maximum absolute atomic E-state index is 10.5. The van der Waals surface area contributed by atoms with Crippen molar-refractivity contribution in [1.82, 2.24) is 0 Å². The van der Waals surface area contributed by atoms with Crippen molar-refractivity contribution in [3.05, 3.63) is 34.4 Å². The van der Waals surface area contributed by atoms with Crippen LogP contribution >= 0.6 is 0 Å². The summed E-state index contributed by atoms with van der Waals surface area (Å²) in [6.45, 7) is 1.67. The Balaban J connectivity index is 3.44. The molecule has 0 aliphatic rings. The van der Waals surface area contributed by atoms with Gasteiger partial charge < -0.3 is 0 Å². The zero-order chi connectivity index (χ0) is 9.84. The molecule has 1 rings (SSSR count). The van der Waals surface area contributed by atoms with E-state index < -0.39 is 0 Å². The molecule has 3 heteroatoms. The lowest BCUT2D eigenvalue weighted by Gasteiger charge is -2.02. The number of hydrogen-bond acceptors (Lipinski definition) is 3. The van der Waals surface area contributed by atoms with Crippen molar-refractivity contribution < 1.29 is 14.4 Å². The fourth-order valence-corrected chi connectivity index (χ4v) is 1.10. The lowest BCUT2D eigenvalue weighted by atomic mass is 10.0. The Hall–Kier alpha value is -1.77. The van der Waals surface area contributed by atoms with Gasteiger partial charge in [0.05, 0.1) is 0 Å². The van der Waals surface area contributed by atoms with Crippen LogP contribution in [0.3, 0.4) is 0 Å². The van der Waals surface area contributed by atoms with Gasteiger partial charge in [-0.3, -0.25) is 14.4 Å². The summed E-state index contributed by atoms with van der Waals surface area (Å²) in [5.41, 5.74) is 1.71. The summed E-state index contributed by atoms with van der Waals surface area (Å²) in [5.74, 6) is 0. The van der Waals surface area contributed by atoms with Crippen LogP contribution in [0.2, 0.25) is 0 Å². The molecule has 0 saturated heterocycles. The number of aldehydes is 3. The lowest BCUT2D eigenvalue weighted by molar-refractivity contribution is 0.112. The Morgan fingerprint density at radius 2 is 1.38 bits per heavy atom. The predicted molar refractivity (Wildman–Crippen MR) is 47.3 cm³/mol. The molecular formula is C10H8O3. The van der Waals surface area contributed by atoms with Gasteiger partial charge in [-0.05, 0) is 24.6 Å². The Morgan fingerprint density at radius 1 is 0.923 bits per heavy atom. The topological polar surface area (TPSA) is 51.2 Å². The summed E-state index contributed by atoms with van der Waals surface area (Å²) >= 11 is 0. The lowest BCUT2D eigenvalue weighted by Crippen LogP contribution is -1.96. The summed E-state index contributed by atoms with van der Waals surface area (Å²) in [7, 11) is 0. The van der Waals surface area contributed by atoms with E-state index in [1.54, 1.807) is 6.92 Å². The van der Waals surface area contributed by atoms with Crippen molar-refractivity contribution in [1.29, 1.82) is 0 Å². The van der Waals surface area contributed by atoms with E-state index in [0.29, 0.717) is 41.1 Å². The third-order valence-electron chi connectivity index (χ3n) is 1.90. The third kappa shape index (κ3) is 1.69. The van der Waals surface area contributed by atoms with Gasteiger partial charge in [-0.15, -0.1) is 0 Å². The van der Waals surface area contributed by atoms with Gasteiger partial charge in [0.15, 0.2) is 0 Å². The molecule has 0 spiro atoms. The first-order chi connectivity index (χ1) is 6.22. The van der Waals surface area contributed by atoms with E-state index >= 15 is 0 Å². The van der Waals surface area contributed by atoms with Gasteiger partial charge >= 0.3 is 0 Å². The van der Waals surface area contributed by atoms with Gasteiger partial charge in [0.2, 0.25) is 0 Å². The fraction of sp³-hybridized carbons (Fsp3) is 0.100. The van der Waals surface area contributed by atoms with Gasteiger partial charge in [-0.25, -0.2) is 0 Å². The summed E-state index contributed by atoms with van der Waals surface area (Å²) in [6, 6.07) is 2.92. The molecule has 0 bridgehead atoms. The molecule has 0 saturated carbocycles. The van der Waals surface area contributed by atoms with Crippen LogP contribution < -0.4 is 0 Å². The summed E-state index contributed by atoms with van der Waals surface area (Å²) in [5, 5.41) is 0. The second-order valence-corrected chi connectivity index (χ2v) is 2.68. The highest BCUT2D eigenvalue weighted by molar-refractivity contribution is 5.90. The highest BCUT2D eigenvalue weighted by Crippen LogP contribution is 2.12. The molecule has 0 amide bonds.